The molecular weight excluding hydrogens is 882 g/mol. The minimum absolute atomic E-state index is 0.104. The van der Waals surface area contributed by atoms with Crippen molar-refractivity contribution in [3.8, 4) is 11.5 Å². The first-order valence-corrected chi connectivity index (χ1v) is 22.9. The van der Waals surface area contributed by atoms with Gasteiger partial charge in [-0.1, -0.05) is 93.6 Å². The van der Waals surface area contributed by atoms with Crippen LogP contribution < -0.4 is 25.9 Å². The Morgan fingerprint density at radius 2 is 1.60 bits per heavy atom. The van der Waals surface area contributed by atoms with Gasteiger partial charge in [0.2, 0.25) is 11.9 Å². The summed E-state index contributed by atoms with van der Waals surface area (Å²) in [5, 5.41) is 16.2. The highest BCUT2D eigenvalue weighted by atomic mass is 31.2. The van der Waals surface area contributed by atoms with Gasteiger partial charge < -0.3 is 28.7 Å². The van der Waals surface area contributed by atoms with E-state index in [0.717, 1.165) is 12.0 Å². The van der Waals surface area contributed by atoms with Gasteiger partial charge >= 0.3 is 0 Å². The average Bonchev–Trinajstić information content (AvgIpc) is 3.56. The number of nitrogens with one attached hydrogen (secondary N) is 2. The maximum absolute atomic E-state index is 14.4. The van der Waals surface area contributed by atoms with Crippen LogP contribution in [0.15, 0.2) is 114 Å². The van der Waals surface area contributed by atoms with Gasteiger partial charge in [-0.3, -0.25) is 44.4 Å². The molecule has 18 nitrogen and oxygen atoms in total. The number of rotatable bonds is 16. The minimum atomic E-state index is -2.74. The summed E-state index contributed by atoms with van der Waals surface area (Å²) in [5.74, 6) is -1.68. The molecular formula is C48H48N7O11P. The van der Waals surface area contributed by atoms with E-state index in [-0.39, 0.29) is 34.2 Å². The highest BCUT2D eigenvalue weighted by molar-refractivity contribution is 7.43. The highest BCUT2D eigenvalue weighted by Gasteiger charge is 2.60. The number of allylic oxidation sites excluding steroid dienone is 2. The summed E-state index contributed by atoms with van der Waals surface area (Å²) < 4.78 is 25.8. The lowest BCUT2D eigenvalue weighted by Gasteiger charge is -2.45. The Bertz CT molecular complexity index is 2890. The van der Waals surface area contributed by atoms with Crippen molar-refractivity contribution < 1.29 is 48.0 Å². The van der Waals surface area contributed by atoms with Crippen LogP contribution in [0.25, 0.3) is 11.2 Å². The van der Waals surface area contributed by atoms with Crippen LogP contribution in [0.1, 0.15) is 87.9 Å². The summed E-state index contributed by atoms with van der Waals surface area (Å²) in [6.07, 6.45) is -2.02. The predicted molar refractivity (Wildman–Crippen MR) is 245 cm³/mol. The smallest absolute Gasteiger partial charge is 0.286 e. The van der Waals surface area contributed by atoms with Crippen molar-refractivity contribution in [1.82, 2.24) is 24.6 Å². The Labute approximate surface area is 385 Å². The highest BCUT2D eigenvalue weighted by Crippen LogP contribution is 2.53. The van der Waals surface area contributed by atoms with E-state index < -0.39 is 73.8 Å². The number of aromatic nitrogens is 4. The van der Waals surface area contributed by atoms with Crippen molar-refractivity contribution in [2.45, 2.75) is 69.2 Å². The van der Waals surface area contributed by atoms with E-state index in [0.29, 0.717) is 38.8 Å². The number of nitrogens with zero attached hydrogens (tertiary/aromatic N) is 4. The van der Waals surface area contributed by atoms with Crippen LogP contribution in [-0.2, 0) is 24.3 Å². The molecule has 3 unspecified atom stereocenters. The number of fused-ring (bicyclic) bond motifs is 4. The second kappa shape index (κ2) is 18.2. The first-order chi connectivity index (χ1) is 32.3. The summed E-state index contributed by atoms with van der Waals surface area (Å²) in [6.45, 7) is 5.34. The fourth-order valence-electron chi connectivity index (χ4n) is 9.15. The standard InChI is InChI=1S/C48H48N7O11P/c1-6-7-13-31-32-22-23-33-35(34(31)32)45(60)55(44(33)59)65-39-37(56)38(64-46(39)54-24-50-36-41(54)51-47(53-43(36)58)52-42(57)25(2)3)40(66-67(49)61)48(26-11-9-8-10-12-26,27-14-18-29(62-4)19-15-27)28-16-20-30(63-5)21-17-28/h7-25,31,37-40,46,56,61H,6,49H2,1-5H3,(H2,51,52,53,57,58)/t31?,37-,38+,39-,40?,46-,67?/m1/s1. The number of methoxy groups -OCH3 is 2. The fraction of sp³-hybridized carbons (Fsp3) is 0.292. The Kier molecular flexibility index (Phi) is 12.4. The molecule has 1 aliphatic carbocycles. The van der Waals surface area contributed by atoms with Gasteiger partial charge in [0.25, 0.3) is 25.9 Å². The zero-order valence-electron chi connectivity index (χ0n) is 37.0. The number of imide groups is 1. The van der Waals surface area contributed by atoms with Crippen LogP contribution in [0, 0.1) is 5.92 Å². The first-order valence-electron chi connectivity index (χ1n) is 21.6. The second-order valence-electron chi connectivity index (χ2n) is 16.6. The molecule has 0 bridgehead atoms. The Balaban J connectivity index is 1.23. The van der Waals surface area contributed by atoms with E-state index in [1.807, 2.05) is 73.7 Å². The van der Waals surface area contributed by atoms with Crippen molar-refractivity contribution in [1.29, 1.82) is 0 Å². The van der Waals surface area contributed by atoms with E-state index in [9.17, 15) is 29.2 Å². The van der Waals surface area contributed by atoms with Crippen molar-refractivity contribution >= 4 is 43.4 Å². The third-order valence-corrected chi connectivity index (χ3v) is 12.9. The molecule has 4 aromatic carbocycles. The SMILES string of the molecule is CCC=CC1c2ccc3c(c21)C(=O)N(O[C@@H]1[C@H](O)[C@@H](C(OP(N)O)C(c2ccccc2)(c2ccc(OC)cc2)c2ccc(OC)cc2)O[C@H]1n1cnc2c(=O)[nH]c(NC(=O)C(C)C)nc21)C3=O. The number of carbonyl (C=O) groups is 3. The van der Waals surface area contributed by atoms with Gasteiger partial charge in [0.05, 0.1) is 37.1 Å². The van der Waals surface area contributed by atoms with Crippen molar-refractivity contribution in [3.05, 3.63) is 159 Å². The fourth-order valence-corrected chi connectivity index (χ4v) is 9.66. The Morgan fingerprint density at radius 3 is 2.19 bits per heavy atom. The van der Waals surface area contributed by atoms with Gasteiger partial charge in [-0.2, -0.15) is 4.98 Å². The number of benzene rings is 4. The number of nitrogens with two attached hydrogens (primary N) is 1. The van der Waals surface area contributed by atoms with E-state index in [1.54, 1.807) is 50.2 Å². The van der Waals surface area contributed by atoms with Crippen LogP contribution >= 0.6 is 8.53 Å². The van der Waals surface area contributed by atoms with Crippen molar-refractivity contribution in [3.63, 3.8) is 0 Å². The molecule has 1 saturated heterocycles. The normalized spacial score (nSPS) is 20.9. The van der Waals surface area contributed by atoms with Crippen LogP contribution in [0.3, 0.4) is 0 Å². The molecule has 6 aromatic rings. The number of aliphatic hydroxyl groups excluding tert-OH is 1. The van der Waals surface area contributed by atoms with Crippen molar-refractivity contribution in [2.75, 3.05) is 19.5 Å². The van der Waals surface area contributed by atoms with E-state index >= 15 is 0 Å². The minimum Gasteiger partial charge on any atom is -0.497 e. The van der Waals surface area contributed by atoms with Gasteiger partial charge in [0.1, 0.15) is 29.8 Å². The van der Waals surface area contributed by atoms with Crippen LogP contribution in [-0.4, -0.2) is 90.9 Å². The monoisotopic (exact) mass is 929 g/mol. The number of carbonyl (C=O) groups excluding carboxylic acids is 3. The molecule has 2 aromatic heterocycles. The van der Waals surface area contributed by atoms with Crippen molar-refractivity contribution in [2.24, 2.45) is 11.4 Å². The second-order valence-corrected chi connectivity index (χ2v) is 17.4. The molecule has 19 heteroatoms. The summed E-state index contributed by atoms with van der Waals surface area (Å²) >= 11 is 0. The third kappa shape index (κ3) is 7.89. The molecule has 4 heterocycles. The molecule has 7 atom stereocenters. The zero-order chi connectivity index (χ0) is 47.3. The van der Waals surface area contributed by atoms with E-state index in [2.05, 4.69) is 20.3 Å². The zero-order valence-corrected chi connectivity index (χ0v) is 37.9. The number of aliphatic hydroxyl groups is 1. The number of anilines is 1. The van der Waals surface area contributed by atoms with Crippen LogP contribution in [0.2, 0.25) is 0 Å². The number of hydroxylamine groups is 2. The molecule has 6 N–H and O–H groups in total. The Morgan fingerprint density at radius 1 is 0.955 bits per heavy atom. The topological polar surface area (TPSA) is 243 Å². The first kappa shape index (κ1) is 45.5. The number of hydrogen-bond donors (Lipinski definition) is 5. The summed E-state index contributed by atoms with van der Waals surface area (Å²) in [7, 11) is 0.332. The number of amides is 3. The van der Waals surface area contributed by atoms with E-state index in [4.69, 9.17) is 29.1 Å². The average molecular weight is 930 g/mol. The predicted octanol–water partition coefficient (Wildman–Crippen LogP) is 5.60. The molecule has 2 aliphatic heterocycles. The molecule has 3 amide bonds. The molecule has 0 radical (unpaired) electrons. The lowest BCUT2D eigenvalue weighted by molar-refractivity contribution is -0.177. The summed E-state index contributed by atoms with van der Waals surface area (Å²) in [6, 6.07) is 26.9. The number of imidazole rings is 1. The lowest BCUT2D eigenvalue weighted by atomic mass is 9.64. The van der Waals surface area contributed by atoms with Gasteiger partial charge in [0.15, 0.2) is 23.5 Å². The number of hydrogen-bond acceptors (Lipinski definition) is 14. The molecule has 3 aliphatic rings. The Hall–Kier alpha value is -6.63. The number of H-pyrrole nitrogens is 1. The van der Waals surface area contributed by atoms with Gasteiger partial charge in [0, 0.05) is 11.8 Å². The summed E-state index contributed by atoms with van der Waals surface area (Å²) in [4.78, 5) is 84.0. The molecule has 346 valence electrons. The molecule has 9 rings (SSSR count). The summed E-state index contributed by atoms with van der Waals surface area (Å²) in [5.41, 5.74) is 7.48. The number of ether oxygens (including phenoxy) is 3. The molecule has 0 spiro atoms. The maximum atomic E-state index is 14.4. The molecule has 67 heavy (non-hydrogen) atoms. The maximum Gasteiger partial charge on any atom is 0.286 e. The largest absolute Gasteiger partial charge is 0.497 e. The van der Waals surface area contributed by atoms with Gasteiger partial charge in [-0.05, 0) is 64.6 Å². The van der Waals surface area contributed by atoms with Gasteiger partial charge in [-0.15, -0.1) is 5.06 Å². The quantitative estimate of drug-likeness (QED) is 0.0344. The van der Waals surface area contributed by atoms with E-state index in [1.165, 1.54) is 25.1 Å². The third-order valence-electron chi connectivity index (χ3n) is 12.4. The molecule has 1 fully saturated rings. The lowest BCUT2D eigenvalue weighted by Crippen LogP contribution is -2.54. The van der Waals surface area contributed by atoms with Crippen LogP contribution in [0.5, 0.6) is 11.5 Å². The number of aromatic amines is 1. The van der Waals surface area contributed by atoms with Crippen LogP contribution in [0.4, 0.5) is 5.95 Å². The molecule has 0 saturated carbocycles. The van der Waals surface area contributed by atoms with Gasteiger partial charge in [-0.25, -0.2) is 4.98 Å².